The van der Waals surface area contributed by atoms with Crippen molar-refractivity contribution in [2.45, 2.75) is 19.9 Å². The van der Waals surface area contributed by atoms with Crippen LogP contribution in [0.5, 0.6) is 0 Å². The third-order valence-corrected chi connectivity index (χ3v) is 5.42. The van der Waals surface area contributed by atoms with Crippen LogP contribution in [-0.4, -0.2) is 27.8 Å². The number of carbonyl (C=O) groups is 1. The van der Waals surface area contributed by atoms with Gasteiger partial charge in [0.25, 0.3) is 0 Å². The van der Waals surface area contributed by atoms with E-state index in [1.54, 1.807) is 19.2 Å². The number of hydrogen-bond donors (Lipinski definition) is 1. The van der Waals surface area contributed by atoms with E-state index in [1.807, 2.05) is 0 Å². The Morgan fingerprint density at radius 1 is 0.906 bits per heavy atom. The summed E-state index contributed by atoms with van der Waals surface area (Å²) in [6, 6.07) is 10.4. The van der Waals surface area contributed by atoms with E-state index in [2.05, 4.69) is 9.97 Å². The van der Waals surface area contributed by atoms with Crippen LogP contribution < -0.4 is 0 Å². The van der Waals surface area contributed by atoms with E-state index in [9.17, 15) is 22.4 Å². The SMILES string of the molecule is CC(=O)N(C)Cc1c(Cc2c(F)cccc2F)ccc2[nH]c(-c3c(F)cccc3F)nc12. The van der Waals surface area contributed by atoms with Crippen LogP contribution in [0, 0.1) is 23.3 Å². The van der Waals surface area contributed by atoms with Gasteiger partial charge in [0, 0.05) is 38.1 Å². The van der Waals surface area contributed by atoms with Crippen molar-refractivity contribution in [1.29, 1.82) is 0 Å². The van der Waals surface area contributed by atoms with E-state index in [0.29, 0.717) is 22.2 Å². The third kappa shape index (κ3) is 3.95. The zero-order valence-corrected chi connectivity index (χ0v) is 17.3. The average Bonchev–Trinajstić information content (AvgIpc) is 3.16. The molecule has 4 nitrogen and oxygen atoms in total. The molecule has 0 aliphatic heterocycles. The van der Waals surface area contributed by atoms with Crippen LogP contribution in [0.2, 0.25) is 0 Å². The molecule has 0 atom stereocenters. The second kappa shape index (κ2) is 8.45. The third-order valence-electron chi connectivity index (χ3n) is 5.42. The van der Waals surface area contributed by atoms with Crippen LogP contribution in [0.25, 0.3) is 22.4 Å². The van der Waals surface area contributed by atoms with Crippen LogP contribution >= 0.6 is 0 Å². The molecule has 1 N–H and O–H groups in total. The van der Waals surface area contributed by atoms with Crippen molar-refractivity contribution in [3.63, 3.8) is 0 Å². The lowest BCUT2D eigenvalue weighted by Crippen LogP contribution is -2.24. The first-order valence-electron chi connectivity index (χ1n) is 9.85. The Bertz CT molecular complexity index is 1290. The molecule has 4 rings (SSSR count). The highest BCUT2D eigenvalue weighted by atomic mass is 19.1. The molecule has 32 heavy (non-hydrogen) atoms. The fourth-order valence-electron chi connectivity index (χ4n) is 3.60. The first-order chi connectivity index (χ1) is 15.3. The molecule has 0 fully saturated rings. The summed E-state index contributed by atoms with van der Waals surface area (Å²) in [7, 11) is 1.58. The van der Waals surface area contributed by atoms with E-state index in [1.165, 1.54) is 36.1 Å². The fourth-order valence-corrected chi connectivity index (χ4v) is 3.60. The second-order valence-electron chi connectivity index (χ2n) is 7.53. The van der Waals surface area contributed by atoms with Gasteiger partial charge in [-0.2, -0.15) is 0 Å². The first kappa shape index (κ1) is 21.5. The Kier molecular flexibility index (Phi) is 5.69. The quantitative estimate of drug-likeness (QED) is 0.424. The Balaban J connectivity index is 1.89. The molecule has 1 heterocycles. The Morgan fingerprint density at radius 2 is 1.50 bits per heavy atom. The lowest BCUT2D eigenvalue weighted by molar-refractivity contribution is -0.128. The van der Waals surface area contributed by atoms with Gasteiger partial charge < -0.3 is 9.88 Å². The molecule has 0 radical (unpaired) electrons. The number of nitrogens with one attached hydrogen (secondary N) is 1. The van der Waals surface area contributed by atoms with Gasteiger partial charge in [0.05, 0.1) is 16.6 Å². The van der Waals surface area contributed by atoms with Crippen molar-refractivity contribution >= 4 is 16.9 Å². The minimum Gasteiger partial charge on any atom is -0.342 e. The summed E-state index contributed by atoms with van der Waals surface area (Å²) in [5, 5.41) is 0. The van der Waals surface area contributed by atoms with Gasteiger partial charge in [-0.05, 0) is 35.9 Å². The van der Waals surface area contributed by atoms with Gasteiger partial charge >= 0.3 is 0 Å². The van der Waals surface area contributed by atoms with Crippen molar-refractivity contribution in [2.24, 2.45) is 0 Å². The second-order valence-corrected chi connectivity index (χ2v) is 7.53. The molecule has 4 aromatic rings. The summed E-state index contributed by atoms with van der Waals surface area (Å²) in [5.74, 6) is -3.17. The van der Waals surface area contributed by atoms with Crippen molar-refractivity contribution in [3.05, 3.63) is 88.5 Å². The molecule has 1 aromatic heterocycles. The minimum atomic E-state index is -0.778. The lowest BCUT2D eigenvalue weighted by atomic mass is 9.97. The molecule has 0 saturated carbocycles. The van der Waals surface area contributed by atoms with Crippen LogP contribution in [0.1, 0.15) is 23.6 Å². The highest BCUT2D eigenvalue weighted by Gasteiger charge is 2.20. The molecule has 0 aliphatic rings. The van der Waals surface area contributed by atoms with Crippen LogP contribution in [0.4, 0.5) is 17.6 Å². The molecule has 164 valence electrons. The van der Waals surface area contributed by atoms with Gasteiger partial charge in [0.15, 0.2) is 0 Å². The molecule has 1 amide bonds. The number of benzene rings is 3. The van der Waals surface area contributed by atoms with E-state index in [0.717, 1.165) is 12.1 Å². The molecular formula is C24H19F4N3O. The number of hydrogen-bond acceptors (Lipinski definition) is 2. The Morgan fingerprint density at radius 3 is 2.09 bits per heavy atom. The van der Waals surface area contributed by atoms with E-state index < -0.39 is 23.3 Å². The summed E-state index contributed by atoms with van der Waals surface area (Å²) in [5.41, 5.74) is 1.49. The van der Waals surface area contributed by atoms with Crippen LogP contribution in [0.15, 0.2) is 48.5 Å². The number of amides is 1. The zero-order chi connectivity index (χ0) is 23.0. The van der Waals surface area contributed by atoms with Gasteiger partial charge in [-0.25, -0.2) is 22.5 Å². The standard InChI is InChI=1S/C24H19F4N3O/c1-13(32)31(2)12-16-14(11-15-17(25)5-3-6-18(15)26)9-10-21-23(16)30-24(29-21)22-19(27)7-4-8-20(22)28/h3-10H,11-12H2,1-2H3,(H,29,30). The number of H-pyrrole nitrogens is 1. The van der Waals surface area contributed by atoms with Crippen molar-refractivity contribution in [3.8, 4) is 11.4 Å². The normalized spacial score (nSPS) is 11.2. The smallest absolute Gasteiger partial charge is 0.219 e. The maximum atomic E-state index is 14.3. The van der Waals surface area contributed by atoms with Crippen molar-refractivity contribution in [2.75, 3.05) is 7.05 Å². The molecule has 8 heteroatoms. The van der Waals surface area contributed by atoms with E-state index in [-0.39, 0.29) is 35.8 Å². The molecule has 0 spiro atoms. The van der Waals surface area contributed by atoms with Gasteiger partial charge in [0.1, 0.15) is 29.1 Å². The number of nitrogens with zero attached hydrogens (tertiary/aromatic N) is 2. The minimum absolute atomic E-state index is 0.0171. The van der Waals surface area contributed by atoms with Crippen molar-refractivity contribution in [1.82, 2.24) is 14.9 Å². The molecule has 3 aromatic carbocycles. The Hall–Kier alpha value is -3.68. The molecular weight excluding hydrogens is 422 g/mol. The number of imidazole rings is 1. The summed E-state index contributed by atoms with van der Waals surface area (Å²) < 4.78 is 57.2. The molecule has 0 aliphatic carbocycles. The van der Waals surface area contributed by atoms with Gasteiger partial charge in [-0.3, -0.25) is 4.79 Å². The summed E-state index contributed by atoms with van der Waals surface area (Å²) >= 11 is 0. The number of fused-ring (bicyclic) bond motifs is 1. The number of aromatic amines is 1. The topological polar surface area (TPSA) is 49.0 Å². The predicted octanol–water partition coefficient (Wildman–Crippen LogP) is 5.36. The van der Waals surface area contributed by atoms with Gasteiger partial charge in [0.2, 0.25) is 5.91 Å². The number of rotatable bonds is 5. The van der Waals surface area contributed by atoms with Crippen LogP contribution in [-0.2, 0) is 17.8 Å². The Labute approximate surface area is 181 Å². The largest absolute Gasteiger partial charge is 0.342 e. The van der Waals surface area contributed by atoms with E-state index >= 15 is 0 Å². The molecule has 0 saturated heterocycles. The first-order valence-corrected chi connectivity index (χ1v) is 9.85. The maximum Gasteiger partial charge on any atom is 0.219 e. The van der Waals surface area contributed by atoms with Crippen LogP contribution in [0.3, 0.4) is 0 Å². The predicted molar refractivity (Wildman–Crippen MR) is 113 cm³/mol. The van der Waals surface area contributed by atoms with Gasteiger partial charge in [-0.15, -0.1) is 0 Å². The number of aromatic nitrogens is 2. The molecule has 0 bridgehead atoms. The maximum absolute atomic E-state index is 14.3. The van der Waals surface area contributed by atoms with E-state index in [4.69, 9.17) is 0 Å². The summed E-state index contributed by atoms with van der Waals surface area (Å²) in [6.45, 7) is 1.49. The molecule has 0 unspecified atom stereocenters. The average molecular weight is 441 g/mol. The zero-order valence-electron chi connectivity index (χ0n) is 17.3. The number of halogens is 4. The summed E-state index contributed by atoms with van der Waals surface area (Å²) in [6.07, 6.45) is -0.0776. The lowest BCUT2D eigenvalue weighted by Gasteiger charge is -2.18. The number of carbonyl (C=O) groups excluding carboxylic acids is 1. The summed E-state index contributed by atoms with van der Waals surface area (Å²) in [4.78, 5) is 20.6. The fraction of sp³-hybridized carbons (Fsp3) is 0.167. The highest BCUT2D eigenvalue weighted by Crippen LogP contribution is 2.30. The van der Waals surface area contributed by atoms with Gasteiger partial charge in [-0.1, -0.05) is 18.2 Å². The monoisotopic (exact) mass is 441 g/mol. The van der Waals surface area contributed by atoms with Crippen molar-refractivity contribution < 1.29 is 22.4 Å². The highest BCUT2D eigenvalue weighted by molar-refractivity contribution is 5.84.